The van der Waals surface area contributed by atoms with Gasteiger partial charge in [-0.05, 0) is 12.1 Å². The van der Waals surface area contributed by atoms with E-state index in [1.807, 2.05) is 0 Å². The predicted molar refractivity (Wildman–Crippen MR) is 61.4 cm³/mol. The normalized spacial score (nSPS) is 10.3. The van der Waals surface area contributed by atoms with Gasteiger partial charge in [-0.15, -0.1) is 0 Å². The molecule has 0 amide bonds. The predicted octanol–water partition coefficient (Wildman–Crippen LogP) is 2.52. The van der Waals surface area contributed by atoms with Crippen molar-refractivity contribution in [2.75, 3.05) is 0 Å². The highest BCUT2D eigenvalue weighted by Crippen LogP contribution is 2.26. The fourth-order valence-electron chi connectivity index (χ4n) is 1.24. The molecule has 0 fully saturated rings. The molecule has 2 aromatic rings. The summed E-state index contributed by atoms with van der Waals surface area (Å²) >= 11 is 5.84. The van der Waals surface area contributed by atoms with Crippen LogP contribution in [0.1, 0.15) is 5.56 Å². The SMILES string of the molecule is NCc1ccc(Cl)cc1Oc1ncc(F)cn1. The van der Waals surface area contributed by atoms with Gasteiger partial charge >= 0.3 is 6.01 Å². The lowest BCUT2D eigenvalue weighted by Gasteiger charge is -2.08. The standard InChI is InChI=1S/C11H9ClFN3O/c12-8-2-1-7(4-14)10(3-8)17-11-15-5-9(13)6-16-11/h1-3,5-6H,4,14H2. The second-order valence-electron chi connectivity index (χ2n) is 3.24. The van der Waals surface area contributed by atoms with Crippen molar-refractivity contribution in [2.45, 2.75) is 6.54 Å². The van der Waals surface area contributed by atoms with Gasteiger partial charge in [0.05, 0.1) is 12.4 Å². The molecule has 4 nitrogen and oxygen atoms in total. The Morgan fingerprint density at radius 3 is 2.65 bits per heavy atom. The molecule has 1 aromatic heterocycles. The van der Waals surface area contributed by atoms with Crippen LogP contribution >= 0.6 is 11.6 Å². The zero-order valence-corrected chi connectivity index (χ0v) is 9.49. The minimum absolute atomic E-state index is 0.0448. The Bertz CT molecular complexity index is 519. The number of nitrogens with two attached hydrogens (primary N) is 1. The maximum Gasteiger partial charge on any atom is 0.322 e. The first kappa shape index (κ1) is 11.8. The zero-order chi connectivity index (χ0) is 12.3. The number of benzene rings is 1. The van der Waals surface area contributed by atoms with Gasteiger partial charge in [-0.25, -0.2) is 14.4 Å². The fourth-order valence-corrected chi connectivity index (χ4v) is 1.41. The molecular weight excluding hydrogens is 245 g/mol. The van der Waals surface area contributed by atoms with Crippen LogP contribution in [-0.2, 0) is 6.54 Å². The van der Waals surface area contributed by atoms with Crippen LogP contribution in [0.5, 0.6) is 11.8 Å². The van der Waals surface area contributed by atoms with Gasteiger partial charge in [-0.2, -0.15) is 0 Å². The highest BCUT2D eigenvalue weighted by atomic mass is 35.5. The van der Waals surface area contributed by atoms with Crippen LogP contribution in [0.25, 0.3) is 0 Å². The van der Waals surface area contributed by atoms with Crippen molar-refractivity contribution in [3.8, 4) is 11.8 Å². The molecule has 0 saturated carbocycles. The average molecular weight is 254 g/mol. The van der Waals surface area contributed by atoms with Gasteiger partial charge in [0.2, 0.25) is 0 Å². The van der Waals surface area contributed by atoms with Crippen molar-refractivity contribution in [3.05, 3.63) is 47.0 Å². The molecule has 0 aliphatic heterocycles. The molecule has 0 bridgehead atoms. The molecule has 0 atom stereocenters. The van der Waals surface area contributed by atoms with Crippen LogP contribution in [0.3, 0.4) is 0 Å². The van der Waals surface area contributed by atoms with E-state index >= 15 is 0 Å². The van der Waals surface area contributed by atoms with Crippen LogP contribution < -0.4 is 10.5 Å². The van der Waals surface area contributed by atoms with Gasteiger partial charge in [0.1, 0.15) is 5.75 Å². The number of aromatic nitrogens is 2. The van der Waals surface area contributed by atoms with Gasteiger partial charge in [0, 0.05) is 17.1 Å². The molecule has 6 heteroatoms. The smallest absolute Gasteiger partial charge is 0.322 e. The van der Waals surface area contributed by atoms with Crippen LogP contribution in [-0.4, -0.2) is 9.97 Å². The number of ether oxygens (including phenoxy) is 1. The Hall–Kier alpha value is -1.72. The lowest BCUT2D eigenvalue weighted by atomic mass is 10.2. The minimum Gasteiger partial charge on any atom is -0.424 e. The van der Waals surface area contributed by atoms with E-state index in [0.717, 1.165) is 18.0 Å². The fraction of sp³-hybridized carbons (Fsp3) is 0.0909. The molecule has 2 rings (SSSR count). The van der Waals surface area contributed by atoms with Gasteiger partial charge in [0.25, 0.3) is 0 Å². The Morgan fingerprint density at radius 1 is 1.29 bits per heavy atom. The van der Waals surface area contributed by atoms with Gasteiger partial charge in [-0.1, -0.05) is 17.7 Å². The van der Waals surface area contributed by atoms with Crippen molar-refractivity contribution >= 4 is 11.6 Å². The first-order valence-electron chi connectivity index (χ1n) is 4.83. The number of halogens is 2. The second-order valence-corrected chi connectivity index (χ2v) is 3.68. The summed E-state index contributed by atoms with van der Waals surface area (Å²) in [6, 6.07) is 5.11. The Morgan fingerprint density at radius 2 is 2.00 bits per heavy atom. The highest BCUT2D eigenvalue weighted by molar-refractivity contribution is 6.30. The number of rotatable bonds is 3. The van der Waals surface area contributed by atoms with E-state index in [1.165, 1.54) is 0 Å². The third-order valence-electron chi connectivity index (χ3n) is 2.05. The largest absolute Gasteiger partial charge is 0.424 e. The Kier molecular flexibility index (Phi) is 3.51. The van der Waals surface area contributed by atoms with Crippen molar-refractivity contribution in [1.29, 1.82) is 0 Å². The summed E-state index contributed by atoms with van der Waals surface area (Å²) in [7, 11) is 0. The van der Waals surface area contributed by atoms with E-state index in [1.54, 1.807) is 18.2 Å². The van der Waals surface area contributed by atoms with Gasteiger partial charge in [0.15, 0.2) is 5.82 Å². The molecule has 2 N–H and O–H groups in total. The third kappa shape index (κ3) is 2.89. The molecule has 0 aliphatic rings. The first-order valence-corrected chi connectivity index (χ1v) is 5.20. The Labute approximate surface area is 102 Å². The summed E-state index contributed by atoms with van der Waals surface area (Å²) in [6.07, 6.45) is 2.05. The molecule has 0 saturated heterocycles. The molecule has 0 spiro atoms. The number of hydrogen-bond donors (Lipinski definition) is 1. The van der Waals surface area contributed by atoms with Crippen molar-refractivity contribution in [3.63, 3.8) is 0 Å². The van der Waals surface area contributed by atoms with Crippen molar-refractivity contribution in [1.82, 2.24) is 9.97 Å². The van der Waals surface area contributed by atoms with Crippen LogP contribution in [0, 0.1) is 5.82 Å². The van der Waals surface area contributed by atoms with Gasteiger partial charge < -0.3 is 10.5 Å². The molecule has 1 aromatic carbocycles. The lowest BCUT2D eigenvalue weighted by molar-refractivity contribution is 0.431. The van der Waals surface area contributed by atoms with E-state index in [2.05, 4.69) is 9.97 Å². The minimum atomic E-state index is -0.525. The molecule has 0 aliphatic carbocycles. The molecule has 17 heavy (non-hydrogen) atoms. The van der Waals surface area contributed by atoms with Crippen LogP contribution in [0.4, 0.5) is 4.39 Å². The topological polar surface area (TPSA) is 61.0 Å². The monoisotopic (exact) mass is 253 g/mol. The Balaban J connectivity index is 2.28. The molecule has 0 unspecified atom stereocenters. The average Bonchev–Trinajstić information content (AvgIpc) is 2.32. The lowest BCUT2D eigenvalue weighted by Crippen LogP contribution is -2.00. The summed E-state index contributed by atoms with van der Waals surface area (Å²) in [5.41, 5.74) is 6.32. The maximum atomic E-state index is 12.6. The van der Waals surface area contributed by atoms with Crippen LogP contribution in [0.2, 0.25) is 5.02 Å². The van der Waals surface area contributed by atoms with Crippen molar-refractivity contribution < 1.29 is 9.13 Å². The van der Waals surface area contributed by atoms with Gasteiger partial charge in [-0.3, -0.25) is 0 Å². The molecule has 0 radical (unpaired) electrons. The maximum absolute atomic E-state index is 12.6. The van der Waals surface area contributed by atoms with E-state index in [0.29, 0.717) is 17.3 Å². The quantitative estimate of drug-likeness (QED) is 0.913. The summed E-state index contributed by atoms with van der Waals surface area (Å²) in [4.78, 5) is 7.37. The zero-order valence-electron chi connectivity index (χ0n) is 8.73. The van der Waals surface area contributed by atoms with Crippen LogP contribution in [0.15, 0.2) is 30.6 Å². The molecular formula is C11H9ClFN3O. The number of hydrogen-bond acceptors (Lipinski definition) is 4. The number of nitrogens with zero attached hydrogens (tertiary/aromatic N) is 2. The summed E-state index contributed by atoms with van der Waals surface area (Å²) < 4.78 is 18.0. The molecule has 1 heterocycles. The van der Waals surface area contributed by atoms with E-state index in [-0.39, 0.29) is 6.01 Å². The van der Waals surface area contributed by atoms with E-state index in [4.69, 9.17) is 22.1 Å². The van der Waals surface area contributed by atoms with E-state index in [9.17, 15) is 4.39 Å². The summed E-state index contributed by atoms with van der Waals surface area (Å²) in [6.45, 7) is 0.299. The van der Waals surface area contributed by atoms with Crippen molar-refractivity contribution in [2.24, 2.45) is 5.73 Å². The third-order valence-corrected chi connectivity index (χ3v) is 2.28. The second kappa shape index (κ2) is 5.07. The summed E-state index contributed by atoms with van der Waals surface area (Å²) in [5, 5.41) is 0.513. The first-order chi connectivity index (χ1) is 8.19. The highest BCUT2D eigenvalue weighted by Gasteiger charge is 2.06. The molecule has 88 valence electrons. The van der Waals surface area contributed by atoms with E-state index < -0.39 is 5.82 Å². The summed E-state index contributed by atoms with van der Waals surface area (Å²) in [5.74, 6) is -0.0610.